The molecule has 0 radical (unpaired) electrons. The first-order chi connectivity index (χ1) is 12.2. The van der Waals surface area contributed by atoms with Crippen LogP contribution in [0.4, 0.5) is 5.69 Å². The second-order valence-corrected chi connectivity index (χ2v) is 7.10. The summed E-state index contributed by atoms with van der Waals surface area (Å²) in [6, 6.07) is 6.58. The highest BCUT2D eigenvalue weighted by Crippen LogP contribution is 2.40. The number of nitrogens with zero attached hydrogens (tertiary/aromatic N) is 2. The van der Waals surface area contributed by atoms with Crippen molar-refractivity contribution in [1.82, 2.24) is 10.2 Å². The first-order valence-corrected chi connectivity index (χ1v) is 9.85. The van der Waals surface area contributed by atoms with Crippen LogP contribution in [0.5, 0.6) is 5.75 Å². The van der Waals surface area contributed by atoms with Crippen LogP contribution in [0, 0.1) is 5.92 Å². The van der Waals surface area contributed by atoms with Gasteiger partial charge >= 0.3 is 0 Å². The number of rotatable bonds is 6. The fourth-order valence-electron chi connectivity index (χ4n) is 4.31. The van der Waals surface area contributed by atoms with Crippen LogP contribution in [0.1, 0.15) is 38.3 Å². The van der Waals surface area contributed by atoms with Crippen LogP contribution < -0.4 is 10.2 Å². The summed E-state index contributed by atoms with van der Waals surface area (Å²) in [5.41, 5.74) is 2.20. The number of piperazine rings is 1. The Labute approximate surface area is 152 Å². The average molecular weight is 348 g/mol. The number of nitrogens with one attached hydrogen (secondary N) is 1. The molecule has 0 saturated carbocycles. The molecule has 1 atom stereocenters. The molecule has 2 saturated heterocycles. The molecule has 3 rings (SSSR count). The molecule has 0 bridgehead atoms. The van der Waals surface area contributed by atoms with E-state index in [9.17, 15) is 5.11 Å². The molecule has 0 spiro atoms. The maximum Gasteiger partial charge on any atom is 0.122 e. The smallest absolute Gasteiger partial charge is 0.122 e. The molecule has 1 aromatic rings. The van der Waals surface area contributed by atoms with Crippen molar-refractivity contribution in [1.29, 1.82) is 0 Å². The summed E-state index contributed by atoms with van der Waals surface area (Å²) in [7, 11) is 0. The van der Waals surface area contributed by atoms with E-state index in [0.29, 0.717) is 11.7 Å². The predicted molar refractivity (Wildman–Crippen MR) is 102 cm³/mol. The third kappa shape index (κ3) is 4.27. The Morgan fingerprint density at radius 3 is 2.48 bits per heavy atom. The summed E-state index contributed by atoms with van der Waals surface area (Å²) in [6.07, 6.45) is 2.15. The van der Waals surface area contributed by atoms with Crippen LogP contribution in [-0.2, 0) is 4.74 Å². The molecule has 0 amide bonds. The van der Waals surface area contributed by atoms with Crippen LogP contribution in [0.2, 0.25) is 0 Å². The highest BCUT2D eigenvalue weighted by atomic mass is 16.5. The predicted octanol–water partition coefficient (Wildman–Crippen LogP) is 2.61. The lowest BCUT2D eigenvalue weighted by Crippen LogP contribution is -2.47. The molecule has 2 aliphatic rings. The zero-order valence-electron chi connectivity index (χ0n) is 15.7. The molecule has 0 unspecified atom stereocenters. The van der Waals surface area contributed by atoms with E-state index in [1.54, 1.807) is 0 Å². The Morgan fingerprint density at radius 2 is 1.88 bits per heavy atom. The van der Waals surface area contributed by atoms with E-state index in [1.807, 2.05) is 6.07 Å². The third-order valence-corrected chi connectivity index (χ3v) is 5.72. The van der Waals surface area contributed by atoms with Crippen LogP contribution in [0.25, 0.3) is 0 Å². The summed E-state index contributed by atoms with van der Waals surface area (Å²) in [6.45, 7) is 12.0. The van der Waals surface area contributed by atoms with Gasteiger partial charge in [0.05, 0.1) is 0 Å². The average Bonchev–Trinajstić information content (AvgIpc) is 2.66. The fourth-order valence-corrected chi connectivity index (χ4v) is 4.31. The minimum absolute atomic E-state index is 0.289. The molecular weight excluding hydrogens is 314 g/mol. The third-order valence-electron chi connectivity index (χ3n) is 5.72. The summed E-state index contributed by atoms with van der Waals surface area (Å²) < 4.78 is 5.58. The standard InChI is InChI=1S/C20H33N3O2/c1-3-22(4-2)17-5-6-18(19(24)15-17)20(16-7-13-25-14-8-16)23-11-9-21-10-12-23/h5-6,15-16,20-21,24H,3-4,7-14H2,1-2H3/t20-/m0/s1. The topological polar surface area (TPSA) is 48.0 Å². The largest absolute Gasteiger partial charge is 0.508 e. The molecule has 0 aromatic heterocycles. The molecule has 2 heterocycles. The van der Waals surface area contributed by atoms with E-state index in [4.69, 9.17) is 4.74 Å². The van der Waals surface area contributed by atoms with Crippen molar-refractivity contribution in [2.75, 3.05) is 57.4 Å². The molecular formula is C20H33N3O2. The van der Waals surface area contributed by atoms with Gasteiger partial charge in [-0.2, -0.15) is 0 Å². The second-order valence-electron chi connectivity index (χ2n) is 7.10. The summed E-state index contributed by atoms with van der Waals surface area (Å²) in [4.78, 5) is 4.83. The minimum atomic E-state index is 0.289. The van der Waals surface area contributed by atoms with Gasteiger partial charge in [0.15, 0.2) is 0 Å². The lowest BCUT2D eigenvalue weighted by Gasteiger charge is -2.41. The Kier molecular flexibility index (Phi) is 6.57. The summed E-state index contributed by atoms with van der Waals surface area (Å²) >= 11 is 0. The summed E-state index contributed by atoms with van der Waals surface area (Å²) in [5.74, 6) is 0.997. The van der Waals surface area contributed by atoms with Gasteiger partial charge < -0.3 is 20.1 Å². The van der Waals surface area contributed by atoms with E-state index in [1.165, 1.54) is 0 Å². The van der Waals surface area contributed by atoms with Crippen molar-refractivity contribution in [2.24, 2.45) is 5.92 Å². The highest BCUT2D eigenvalue weighted by Gasteiger charge is 2.33. The maximum atomic E-state index is 10.9. The number of anilines is 1. The van der Waals surface area contributed by atoms with Crippen molar-refractivity contribution in [2.45, 2.75) is 32.7 Å². The van der Waals surface area contributed by atoms with E-state index in [2.05, 4.69) is 41.1 Å². The van der Waals surface area contributed by atoms with Gasteiger partial charge in [0.1, 0.15) is 5.75 Å². The van der Waals surface area contributed by atoms with Crippen molar-refractivity contribution in [3.8, 4) is 5.75 Å². The maximum absolute atomic E-state index is 10.9. The number of phenols is 1. The van der Waals surface area contributed by atoms with Gasteiger partial charge in [-0.25, -0.2) is 0 Å². The van der Waals surface area contributed by atoms with Crippen LogP contribution >= 0.6 is 0 Å². The molecule has 2 N–H and O–H groups in total. The zero-order valence-corrected chi connectivity index (χ0v) is 15.7. The SMILES string of the molecule is CCN(CC)c1ccc([C@H](C2CCOCC2)N2CCNCC2)c(O)c1. The first kappa shape index (κ1) is 18.5. The Balaban J connectivity index is 1.89. The number of ether oxygens (including phenoxy) is 1. The molecule has 5 heteroatoms. The molecule has 2 fully saturated rings. The number of hydrogen-bond acceptors (Lipinski definition) is 5. The number of benzene rings is 1. The van der Waals surface area contributed by atoms with Crippen LogP contribution in [0.3, 0.4) is 0 Å². The molecule has 140 valence electrons. The van der Waals surface area contributed by atoms with Gasteiger partial charge in [-0.05, 0) is 38.7 Å². The second kappa shape index (κ2) is 8.88. The van der Waals surface area contributed by atoms with Crippen LogP contribution in [0.15, 0.2) is 18.2 Å². The van der Waals surface area contributed by atoms with Gasteiger partial charge in [0.2, 0.25) is 0 Å². The van der Waals surface area contributed by atoms with Gasteiger partial charge in [-0.15, -0.1) is 0 Å². The lowest BCUT2D eigenvalue weighted by atomic mass is 9.85. The van der Waals surface area contributed by atoms with Gasteiger partial charge in [0.25, 0.3) is 0 Å². The molecule has 5 nitrogen and oxygen atoms in total. The number of hydrogen-bond donors (Lipinski definition) is 2. The number of phenolic OH excluding ortho intramolecular Hbond substituents is 1. The lowest BCUT2D eigenvalue weighted by molar-refractivity contribution is 0.0206. The van der Waals surface area contributed by atoms with E-state index in [0.717, 1.165) is 76.6 Å². The van der Waals surface area contributed by atoms with Gasteiger partial charge in [-0.1, -0.05) is 6.07 Å². The van der Waals surface area contributed by atoms with Crippen molar-refractivity contribution < 1.29 is 9.84 Å². The molecule has 1 aromatic carbocycles. The number of aromatic hydroxyl groups is 1. The minimum Gasteiger partial charge on any atom is -0.508 e. The zero-order chi connectivity index (χ0) is 17.6. The van der Waals surface area contributed by atoms with Crippen molar-refractivity contribution >= 4 is 5.69 Å². The Bertz CT molecular complexity index is 518. The monoisotopic (exact) mass is 347 g/mol. The molecule has 2 aliphatic heterocycles. The normalized spacial score (nSPS) is 21.2. The molecule has 0 aliphatic carbocycles. The van der Waals surface area contributed by atoms with Crippen LogP contribution in [-0.4, -0.2) is 62.5 Å². The first-order valence-electron chi connectivity index (χ1n) is 9.85. The van der Waals surface area contributed by atoms with Gasteiger partial charge in [0, 0.05) is 75.8 Å². The fraction of sp³-hybridized carbons (Fsp3) is 0.700. The van der Waals surface area contributed by atoms with Gasteiger partial charge in [-0.3, -0.25) is 4.90 Å². The molecule has 25 heavy (non-hydrogen) atoms. The Morgan fingerprint density at radius 1 is 1.20 bits per heavy atom. The van der Waals surface area contributed by atoms with Crippen molar-refractivity contribution in [3.63, 3.8) is 0 Å². The van der Waals surface area contributed by atoms with E-state index >= 15 is 0 Å². The van der Waals surface area contributed by atoms with E-state index < -0.39 is 0 Å². The quantitative estimate of drug-likeness (QED) is 0.828. The highest BCUT2D eigenvalue weighted by molar-refractivity contribution is 5.54. The summed E-state index contributed by atoms with van der Waals surface area (Å²) in [5, 5.41) is 14.3. The van der Waals surface area contributed by atoms with Crippen molar-refractivity contribution in [3.05, 3.63) is 23.8 Å². The Hall–Kier alpha value is -1.30. The van der Waals surface area contributed by atoms with E-state index in [-0.39, 0.29) is 6.04 Å².